The van der Waals surface area contributed by atoms with E-state index in [-0.39, 0.29) is 30.3 Å². The minimum Gasteiger partial charge on any atom is -0.492 e. The molecule has 154 valence electrons. The van der Waals surface area contributed by atoms with E-state index in [1.54, 1.807) is 32.2 Å². The van der Waals surface area contributed by atoms with Crippen LogP contribution in [0.4, 0.5) is 5.69 Å². The lowest BCUT2D eigenvalue weighted by Crippen LogP contribution is -2.28. The van der Waals surface area contributed by atoms with Crippen molar-refractivity contribution in [1.82, 2.24) is 15.1 Å². The molecule has 2 aromatic carbocycles. The van der Waals surface area contributed by atoms with Crippen molar-refractivity contribution in [2.24, 2.45) is 0 Å². The number of anilines is 1. The highest BCUT2D eigenvalue weighted by atomic mass is 16.5. The van der Waals surface area contributed by atoms with Gasteiger partial charge in [0.15, 0.2) is 0 Å². The second-order valence-electron chi connectivity index (χ2n) is 6.45. The number of aromatic nitrogens is 2. The van der Waals surface area contributed by atoms with Crippen LogP contribution in [-0.2, 0) is 6.54 Å². The number of rotatable bonds is 7. The molecule has 1 heterocycles. The molecule has 0 saturated heterocycles. The van der Waals surface area contributed by atoms with E-state index in [4.69, 9.17) is 4.74 Å². The maximum Gasteiger partial charge on any atom is 0.276 e. The monoisotopic (exact) mass is 406 g/mol. The predicted octanol–water partition coefficient (Wildman–Crippen LogP) is 2.24. The van der Waals surface area contributed by atoms with Crippen LogP contribution in [0.3, 0.4) is 0 Å². The zero-order valence-corrected chi connectivity index (χ0v) is 16.7. The van der Waals surface area contributed by atoms with Crippen molar-refractivity contribution in [3.05, 3.63) is 87.8 Å². The van der Waals surface area contributed by atoms with Crippen LogP contribution in [-0.4, -0.2) is 35.2 Å². The molecule has 3 rings (SSSR count). The Balaban J connectivity index is 1.72. The minimum absolute atomic E-state index is 0.0825. The van der Waals surface area contributed by atoms with Crippen LogP contribution in [0.15, 0.2) is 65.5 Å². The molecule has 0 spiro atoms. The number of hydrogen-bond donors (Lipinski definition) is 2. The van der Waals surface area contributed by atoms with Crippen LogP contribution < -0.4 is 20.9 Å². The van der Waals surface area contributed by atoms with Crippen LogP contribution in [0.2, 0.25) is 0 Å². The van der Waals surface area contributed by atoms with E-state index in [0.717, 1.165) is 0 Å². The van der Waals surface area contributed by atoms with Crippen molar-refractivity contribution in [3.8, 4) is 5.75 Å². The number of carbonyl (C=O) groups is 2. The highest BCUT2D eigenvalue weighted by Crippen LogP contribution is 2.19. The van der Waals surface area contributed by atoms with Gasteiger partial charge in [-0.15, -0.1) is 0 Å². The molecular formula is C22H22N4O4. The van der Waals surface area contributed by atoms with Gasteiger partial charge in [0.25, 0.3) is 17.4 Å². The highest BCUT2D eigenvalue weighted by Gasteiger charge is 2.15. The van der Waals surface area contributed by atoms with Crippen molar-refractivity contribution in [2.75, 3.05) is 19.0 Å². The average molecular weight is 406 g/mol. The van der Waals surface area contributed by atoms with E-state index in [1.807, 2.05) is 30.3 Å². The highest BCUT2D eigenvalue weighted by molar-refractivity contribution is 6.04. The molecule has 8 heteroatoms. The van der Waals surface area contributed by atoms with Crippen LogP contribution in [0, 0.1) is 6.92 Å². The molecule has 3 aromatic rings. The van der Waals surface area contributed by atoms with Crippen LogP contribution in [0.25, 0.3) is 0 Å². The molecule has 2 amide bonds. The Labute approximate surface area is 173 Å². The van der Waals surface area contributed by atoms with Crippen LogP contribution in [0.1, 0.15) is 26.4 Å². The second kappa shape index (κ2) is 9.51. The zero-order chi connectivity index (χ0) is 21.5. The van der Waals surface area contributed by atoms with E-state index in [2.05, 4.69) is 15.7 Å². The van der Waals surface area contributed by atoms with E-state index in [0.29, 0.717) is 22.6 Å². The SMILES string of the molecule is CNC(=O)c1cccc(NC(=O)c2ccc(=O)n(CCOc3ccccc3)n2)c1C. The molecule has 0 aliphatic carbocycles. The van der Waals surface area contributed by atoms with Gasteiger partial charge in [0, 0.05) is 24.4 Å². The standard InChI is InChI=1S/C22H22N4O4/c1-15-17(21(28)23-2)9-6-10-18(15)24-22(29)19-11-12-20(27)26(25-19)13-14-30-16-7-4-3-5-8-16/h3-12H,13-14H2,1-2H3,(H,23,28)(H,24,29). The summed E-state index contributed by atoms with van der Waals surface area (Å²) >= 11 is 0. The Morgan fingerprint density at radius 1 is 1.00 bits per heavy atom. The normalized spacial score (nSPS) is 10.3. The van der Waals surface area contributed by atoms with Gasteiger partial charge in [-0.25, -0.2) is 4.68 Å². The first kappa shape index (κ1) is 20.8. The third kappa shape index (κ3) is 4.91. The first-order valence-corrected chi connectivity index (χ1v) is 9.38. The molecule has 0 aliphatic heterocycles. The summed E-state index contributed by atoms with van der Waals surface area (Å²) in [7, 11) is 1.54. The fraction of sp³-hybridized carbons (Fsp3) is 0.182. The number of benzene rings is 2. The molecule has 0 aliphatic rings. The molecule has 0 radical (unpaired) electrons. The minimum atomic E-state index is -0.482. The van der Waals surface area contributed by atoms with Crippen molar-refractivity contribution < 1.29 is 14.3 Å². The van der Waals surface area contributed by atoms with Gasteiger partial charge in [-0.05, 0) is 42.8 Å². The topological polar surface area (TPSA) is 102 Å². The maximum absolute atomic E-state index is 12.7. The van der Waals surface area contributed by atoms with Gasteiger partial charge in [0.1, 0.15) is 18.1 Å². The van der Waals surface area contributed by atoms with Crippen LogP contribution in [0.5, 0.6) is 5.75 Å². The van der Waals surface area contributed by atoms with Crippen molar-refractivity contribution in [2.45, 2.75) is 13.5 Å². The Bertz CT molecular complexity index is 1110. The Morgan fingerprint density at radius 2 is 1.77 bits per heavy atom. The lowest BCUT2D eigenvalue weighted by Gasteiger charge is -2.12. The van der Waals surface area contributed by atoms with Gasteiger partial charge in [0.05, 0.1) is 6.54 Å². The van der Waals surface area contributed by atoms with Crippen molar-refractivity contribution in [3.63, 3.8) is 0 Å². The summed E-state index contributed by atoms with van der Waals surface area (Å²) in [6.07, 6.45) is 0. The molecule has 0 bridgehead atoms. The summed E-state index contributed by atoms with van der Waals surface area (Å²) in [4.78, 5) is 36.7. The molecule has 0 atom stereocenters. The van der Waals surface area contributed by atoms with E-state index < -0.39 is 5.91 Å². The first-order valence-electron chi connectivity index (χ1n) is 9.38. The summed E-state index contributed by atoms with van der Waals surface area (Å²) in [5.74, 6) is -0.0375. The van der Waals surface area contributed by atoms with Crippen molar-refractivity contribution >= 4 is 17.5 Å². The van der Waals surface area contributed by atoms with Crippen LogP contribution >= 0.6 is 0 Å². The third-order valence-corrected chi connectivity index (χ3v) is 4.47. The lowest BCUT2D eigenvalue weighted by molar-refractivity contribution is 0.0960. The van der Waals surface area contributed by atoms with Gasteiger partial charge < -0.3 is 15.4 Å². The van der Waals surface area contributed by atoms with E-state index >= 15 is 0 Å². The smallest absolute Gasteiger partial charge is 0.276 e. The Morgan fingerprint density at radius 3 is 2.50 bits per heavy atom. The first-order chi connectivity index (χ1) is 14.5. The predicted molar refractivity (Wildman–Crippen MR) is 113 cm³/mol. The third-order valence-electron chi connectivity index (χ3n) is 4.47. The van der Waals surface area contributed by atoms with Gasteiger partial charge in [-0.2, -0.15) is 5.10 Å². The number of carbonyl (C=O) groups excluding carboxylic acids is 2. The van der Waals surface area contributed by atoms with Gasteiger partial charge in [-0.1, -0.05) is 24.3 Å². The van der Waals surface area contributed by atoms with E-state index in [1.165, 1.54) is 16.8 Å². The molecule has 1 aromatic heterocycles. The number of ether oxygens (including phenoxy) is 1. The fourth-order valence-corrected chi connectivity index (χ4v) is 2.83. The van der Waals surface area contributed by atoms with Gasteiger partial charge in [-0.3, -0.25) is 14.4 Å². The molecular weight excluding hydrogens is 384 g/mol. The summed E-state index contributed by atoms with van der Waals surface area (Å²) in [5.41, 5.74) is 1.34. The van der Waals surface area contributed by atoms with Gasteiger partial charge in [0.2, 0.25) is 0 Å². The molecule has 0 fully saturated rings. The Kier molecular flexibility index (Phi) is 6.59. The fourth-order valence-electron chi connectivity index (χ4n) is 2.83. The quantitative estimate of drug-likeness (QED) is 0.627. The summed E-state index contributed by atoms with van der Waals surface area (Å²) in [5, 5.41) is 9.45. The van der Waals surface area contributed by atoms with Crippen molar-refractivity contribution in [1.29, 1.82) is 0 Å². The lowest BCUT2D eigenvalue weighted by atomic mass is 10.1. The maximum atomic E-state index is 12.7. The molecule has 0 saturated carbocycles. The Hall–Kier alpha value is -3.94. The average Bonchev–Trinajstić information content (AvgIpc) is 2.76. The zero-order valence-electron chi connectivity index (χ0n) is 16.7. The number of hydrogen-bond acceptors (Lipinski definition) is 5. The summed E-state index contributed by atoms with van der Waals surface area (Å²) in [6.45, 7) is 2.17. The molecule has 2 N–H and O–H groups in total. The number of nitrogens with zero attached hydrogens (tertiary/aromatic N) is 2. The molecule has 0 unspecified atom stereocenters. The number of nitrogens with one attached hydrogen (secondary N) is 2. The number of amides is 2. The molecule has 30 heavy (non-hydrogen) atoms. The van der Waals surface area contributed by atoms with Gasteiger partial charge >= 0.3 is 0 Å². The van der Waals surface area contributed by atoms with E-state index in [9.17, 15) is 14.4 Å². The largest absolute Gasteiger partial charge is 0.492 e. The number of para-hydroxylation sites is 1. The summed E-state index contributed by atoms with van der Waals surface area (Å²) in [6, 6.07) is 16.9. The molecule has 8 nitrogen and oxygen atoms in total. The second-order valence-corrected chi connectivity index (χ2v) is 6.45. The summed E-state index contributed by atoms with van der Waals surface area (Å²) < 4.78 is 6.77.